The van der Waals surface area contributed by atoms with Crippen LogP contribution in [0.4, 0.5) is 0 Å². The number of carbonyl (C=O) groups excluding carboxylic acids is 1. The molecule has 0 aliphatic carbocycles. The molecule has 6 nitrogen and oxygen atoms in total. The maximum atomic E-state index is 12.8. The lowest BCUT2D eigenvalue weighted by atomic mass is 10.2. The molecular formula is C23H25N5O. The number of pyridine rings is 1. The third-order valence-electron chi connectivity index (χ3n) is 5.99. The lowest BCUT2D eigenvalue weighted by molar-refractivity contribution is 0.0791. The maximum Gasteiger partial charge on any atom is 0.254 e. The Labute approximate surface area is 169 Å². The number of para-hydroxylation sites is 1. The molecule has 0 spiro atoms. The summed E-state index contributed by atoms with van der Waals surface area (Å²) in [6.07, 6.45) is 2.81. The van der Waals surface area contributed by atoms with E-state index in [4.69, 9.17) is 10.7 Å². The van der Waals surface area contributed by atoms with Gasteiger partial charge in [0.25, 0.3) is 5.91 Å². The number of carbonyl (C=O) groups is 1. The molecule has 1 aliphatic heterocycles. The largest absolute Gasteiger partial charge is 0.339 e. The van der Waals surface area contributed by atoms with Crippen molar-refractivity contribution < 1.29 is 4.79 Å². The number of hydrogen-bond donors (Lipinski definition) is 1. The van der Waals surface area contributed by atoms with Crippen molar-refractivity contribution in [2.75, 3.05) is 13.1 Å². The smallest absolute Gasteiger partial charge is 0.254 e. The molecule has 1 aliphatic rings. The summed E-state index contributed by atoms with van der Waals surface area (Å²) < 4.78 is 4.35. The number of aryl methyl sites for hydroxylation is 2. The van der Waals surface area contributed by atoms with E-state index in [1.54, 1.807) is 0 Å². The van der Waals surface area contributed by atoms with E-state index < -0.39 is 0 Å². The Kier molecular flexibility index (Phi) is 4.17. The summed E-state index contributed by atoms with van der Waals surface area (Å²) in [6.45, 7) is 6.45. The third-order valence-corrected chi connectivity index (χ3v) is 5.99. The van der Waals surface area contributed by atoms with Gasteiger partial charge in [-0.05, 0) is 44.5 Å². The first kappa shape index (κ1) is 17.9. The molecule has 148 valence electrons. The molecule has 0 saturated carbocycles. The molecule has 1 saturated heterocycles. The highest BCUT2D eigenvalue weighted by atomic mass is 16.2. The maximum absolute atomic E-state index is 12.8. The summed E-state index contributed by atoms with van der Waals surface area (Å²) in [6, 6.07) is 14.5. The van der Waals surface area contributed by atoms with E-state index >= 15 is 0 Å². The molecule has 0 bridgehead atoms. The first-order valence-electron chi connectivity index (χ1n) is 10.2. The predicted molar refractivity (Wildman–Crippen MR) is 115 cm³/mol. The monoisotopic (exact) mass is 387 g/mol. The second-order valence-corrected chi connectivity index (χ2v) is 7.82. The number of hydrogen-bond acceptors (Lipinski definition) is 3. The van der Waals surface area contributed by atoms with Gasteiger partial charge in [-0.3, -0.25) is 4.79 Å². The number of benzene rings is 1. The fourth-order valence-corrected chi connectivity index (χ4v) is 4.44. The molecule has 0 radical (unpaired) electrons. The highest BCUT2D eigenvalue weighted by Crippen LogP contribution is 2.30. The molecule has 0 unspecified atom stereocenters. The number of fused-ring (bicyclic) bond motifs is 2. The van der Waals surface area contributed by atoms with Crippen LogP contribution in [0.3, 0.4) is 0 Å². The Morgan fingerprint density at radius 1 is 1.24 bits per heavy atom. The van der Waals surface area contributed by atoms with Crippen molar-refractivity contribution in [2.24, 2.45) is 5.73 Å². The van der Waals surface area contributed by atoms with E-state index in [1.165, 1.54) is 10.9 Å². The van der Waals surface area contributed by atoms with Gasteiger partial charge in [-0.25, -0.2) is 4.98 Å². The molecule has 3 aromatic heterocycles. The minimum atomic E-state index is 0.0327. The minimum absolute atomic E-state index is 0.0327. The zero-order valence-corrected chi connectivity index (χ0v) is 16.8. The van der Waals surface area contributed by atoms with Crippen LogP contribution in [0.5, 0.6) is 0 Å². The van der Waals surface area contributed by atoms with Gasteiger partial charge >= 0.3 is 0 Å². The highest BCUT2D eigenvalue weighted by molar-refractivity contribution is 5.95. The third kappa shape index (κ3) is 2.83. The van der Waals surface area contributed by atoms with Gasteiger partial charge in [0.2, 0.25) is 0 Å². The Balaban J connectivity index is 1.60. The van der Waals surface area contributed by atoms with Gasteiger partial charge in [0, 0.05) is 54.0 Å². The van der Waals surface area contributed by atoms with E-state index in [1.807, 2.05) is 23.2 Å². The topological polar surface area (TPSA) is 68.6 Å². The first-order valence-corrected chi connectivity index (χ1v) is 10.2. The number of imidazole rings is 1. The van der Waals surface area contributed by atoms with Crippen LogP contribution in [0.15, 0.2) is 48.7 Å². The summed E-state index contributed by atoms with van der Waals surface area (Å²) in [5.41, 5.74) is 11.8. The van der Waals surface area contributed by atoms with Crippen molar-refractivity contribution in [1.29, 1.82) is 0 Å². The molecule has 5 rings (SSSR count). The SMILES string of the molecule is CCn1c(-c2nc3cc(C(=O)N4CC[C@@H](N)C4)ccn3c2C)cc2ccccc21. The summed E-state index contributed by atoms with van der Waals surface area (Å²) >= 11 is 0. The molecule has 4 aromatic rings. The van der Waals surface area contributed by atoms with Crippen molar-refractivity contribution in [2.45, 2.75) is 32.9 Å². The highest BCUT2D eigenvalue weighted by Gasteiger charge is 2.25. The van der Waals surface area contributed by atoms with Gasteiger partial charge in [0.05, 0.1) is 5.69 Å². The fourth-order valence-electron chi connectivity index (χ4n) is 4.44. The van der Waals surface area contributed by atoms with Crippen LogP contribution in [-0.2, 0) is 6.54 Å². The summed E-state index contributed by atoms with van der Waals surface area (Å²) in [4.78, 5) is 19.6. The molecule has 1 amide bonds. The number of aromatic nitrogens is 3. The molecule has 1 aromatic carbocycles. The summed E-state index contributed by atoms with van der Waals surface area (Å²) in [7, 11) is 0. The molecule has 1 fully saturated rings. The molecule has 1 atom stereocenters. The van der Waals surface area contributed by atoms with Crippen LogP contribution >= 0.6 is 0 Å². The Bertz CT molecular complexity index is 1240. The Hall–Kier alpha value is -3.12. The van der Waals surface area contributed by atoms with E-state index in [9.17, 15) is 4.79 Å². The van der Waals surface area contributed by atoms with E-state index in [-0.39, 0.29) is 11.9 Å². The van der Waals surface area contributed by atoms with Crippen molar-refractivity contribution >= 4 is 22.5 Å². The minimum Gasteiger partial charge on any atom is -0.339 e. The number of nitrogens with zero attached hydrogens (tertiary/aromatic N) is 4. The van der Waals surface area contributed by atoms with Crippen LogP contribution < -0.4 is 5.73 Å². The molecule has 4 heterocycles. The van der Waals surface area contributed by atoms with Crippen LogP contribution in [0.2, 0.25) is 0 Å². The summed E-state index contributed by atoms with van der Waals surface area (Å²) in [5, 5.41) is 1.21. The predicted octanol–water partition coefficient (Wildman–Crippen LogP) is 3.46. The van der Waals surface area contributed by atoms with Gasteiger partial charge in [-0.2, -0.15) is 0 Å². The number of likely N-dealkylation sites (tertiary alicyclic amines) is 1. The second-order valence-electron chi connectivity index (χ2n) is 7.82. The average Bonchev–Trinajstić information content (AvgIpc) is 3.42. The van der Waals surface area contributed by atoms with Crippen molar-refractivity contribution in [3.05, 3.63) is 59.9 Å². The van der Waals surface area contributed by atoms with Gasteiger partial charge in [-0.15, -0.1) is 0 Å². The Morgan fingerprint density at radius 2 is 2.07 bits per heavy atom. The van der Waals surface area contributed by atoms with E-state index in [0.29, 0.717) is 12.1 Å². The second kappa shape index (κ2) is 6.74. The van der Waals surface area contributed by atoms with Crippen LogP contribution in [0, 0.1) is 6.92 Å². The number of rotatable bonds is 3. The van der Waals surface area contributed by atoms with Crippen molar-refractivity contribution in [3.8, 4) is 11.4 Å². The fraction of sp³-hybridized carbons (Fsp3) is 0.304. The van der Waals surface area contributed by atoms with Gasteiger partial charge < -0.3 is 19.6 Å². The van der Waals surface area contributed by atoms with Crippen molar-refractivity contribution in [1.82, 2.24) is 18.9 Å². The van der Waals surface area contributed by atoms with Crippen molar-refractivity contribution in [3.63, 3.8) is 0 Å². The van der Waals surface area contributed by atoms with Crippen LogP contribution in [0.25, 0.3) is 27.9 Å². The average molecular weight is 387 g/mol. The van der Waals surface area contributed by atoms with Gasteiger partial charge in [0.15, 0.2) is 0 Å². The molecule has 29 heavy (non-hydrogen) atoms. The molecule has 2 N–H and O–H groups in total. The summed E-state index contributed by atoms with van der Waals surface area (Å²) in [5.74, 6) is 0.0327. The quantitative estimate of drug-likeness (QED) is 0.585. The zero-order chi connectivity index (χ0) is 20.1. The lowest BCUT2D eigenvalue weighted by Crippen LogP contribution is -2.31. The first-order chi connectivity index (χ1) is 14.1. The van der Waals surface area contributed by atoms with E-state index in [2.05, 4.69) is 53.1 Å². The van der Waals surface area contributed by atoms with Gasteiger partial charge in [0.1, 0.15) is 11.3 Å². The van der Waals surface area contributed by atoms with E-state index in [0.717, 1.165) is 42.2 Å². The lowest BCUT2D eigenvalue weighted by Gasteiger charge is -2.15. The zero-order valence-electron chi connectivity index (χ0n) is 16.8. The molecular weight excluding hydrogens is 362 g/mol. The van der Waals surface area contributed by atoms with Gasteiger partial charge in [-0.1, -0.05) is 18.2 Å². The van der Waals surface area contributed by atoms with Crippen LogP contribution in [-0.4, -0.2) is 43.9 Å². The molecule has 6 heteroatoms. The van der Waals surface area contributed by atoms with Crippen LogP contribution in [0.1, 0.15) is 29.4 Å². The normalized spacial score (nSPS) is 16.9. The number of amides is 1. The number of nitrogens with two attached hydrogens (primary N) is 1. The Morgan fingerprint density at radius 3 is 2.83 bits per heavy atom. The standard InChI is InChI=1S/C23H25N5O/c1-3-27-19-7-5-4-6-16(19)12-20(27)22-15(2)28-11-8-17(13-21(28)25-22)23(29)26-10-9-18(24)14-26/h4-8,11-13,18H,3,9-10,14,24H2,1-2H3/t18-/m1/s1.